The Kier molecular flexibility index (Phi) is 5.54. The highest BCUT2D eigenvalue weighted by atomic mass is 35.5. The van der Waals surface area contributed by atoms with E-state index in [-0.39, 0.29) is 27.7 Å². The molecule has 0 radical (unpaired) electrons. The Hall–Kier alpha value is -0.890. The summed E-state index contributed by atoms with van der Waals surface area (Å²) in [5.41, 5.74) is 2.29. The number of sulfonamides is 1. The van der Waals surface area contributed by atoms with Gasteiger partial charge in [0.1, 0.15) is 4.90 Å². The van der Waals surface area contributed by atoms with Crippen LogP contribution < -0.4 is 16.0 Å². The minimum absolute atomic E-state index is 0.0237. The van der Waals surface area contributed by atoms with Gasteiger partial charge in [-0.15, -0.1) is 0 Å². The van der Waals surface area contributed by atoms with Crippen LogP contribution in [-0.2, 0) is 10.0 Å². The predicted octanol–water partition coefficient (Wildman–Crippen LogP) is 1.73. The molecule has 1 unspecified atom stereocenters. The molecule has 1 heterocycles. The van der Waals surface area contributed by atoms with Crippen molar-refractivity contribution in [3.8, 4) is 0 Å². The number of nitrogens with one attached hydrogen (secondary N) is 2. The van der Waals surface area contributed by atoms with E-state index in [2.05, 4.69) is 15.1 Å². The lowest BCUT2D eigenvalue weighted by Gasteiger charge is -2.20. The van der Waals surface area contributed by atoms with Crippen molar-refractivity contribution in [3.63, 3.8) is 0 Å². The van der Waals surface area contributed by atoms with Gasteiger partial charge in [-0.05, 0) is 18.4 Å². The summed E-state index contributed by atoms with van der Waals surface area (Å²) < 4.78 is 27.0. The fraction of sp³-hybridized carbons (Fsp3) is 0.545. The maximum absolute atomic E-state index is 12.2. The Morgan fingerprint density at radius 3 is 2.53 bits per heavy atom. The molecule has 1 aromatic heterocycles. The number of pyridine rings is 1. The lowest BCUT2D eigenvalue weighted by molar-refractivity contribution is 0.437. The monoisotopic (exact) mass is 306 g/mol. The van der Waals surface area contributed by atoms with Crippen LogP contribution in [0.15, 0.2) is 17.2 Å². The van der Waals surface area contributed by atoms with Crippen LogP contribution in [0.25, 0.3) is 0 Å². The van der Waals surface area contributed by atoms with Gasteiger partial charge in [0.05, 0.1) is 5.02 Å². The fourth-order valence-electron chi connectivity index (χ4n) is 1.63. The molecule has 0 spiro atoms. The smallest absolute Gasteiger partial charge is 0.242 e. The maximum atomic E-state index is 12.2. The Bertz CT molecular complexity index is 533. The SMILES string of the molecule is CCC(NS(=O)(=O)c1cnc(NN)c(Cl)c1)C(C)C. The highest BCUT2D eigenvalue weighted by molar-refractivity contribution is 7.89. The third kappa shape index (κ3) is 4.04. The molecule has 1 atom stereocenters. The number of nitrogens with two attached hydrogens (primary N) is 1. The van der Waals surface area contributed by atoms with Gasteiger partial charge in [0, 0.05) is 12.2 Å². The van der Waals surface area contributed by atoms with E-state index in [0.717, 1.165) is 0 Å². The average molecular weight is 307 g/mol. The van der Waals surface area contributed by atoms with Gasteiger partial charge in [-0.25, -0.2) is 24.0 Å². The van der Waals surface area contributed by atoms with E-state index in [9.17, 15) is 8.42 Å². The molecule has 4 N–H and O–H groups in total. The van der Waals surface area contributed by atoms with Crippen LogP contribution in [0.5, 0.6) is 0 Å². The number of hydrazine groups is 1. The molecule has 0 aromatic carbocycles. The summed E-state index contributed by atoms with van der Waals surface area (Å²) in [7, 11) is -3.63. The second-order valence-electron chi connectivity index (χ2n) is 4.53. The summed E-state index contributed by atoms with van der Waals surface area (Å²) in [4.78, 5) is 3.88. The molecular formula is C11H19ClN4O2S. The first-order valence-corrected chi connectivity index (χ1v) is 7.82. The van der Waals surface area contributed by atoms with E-state index in [4.69, 9.17) is 17.4 Å². The van der Waals surface area contributed by atoms with Crippen molar-refractivity contribution in [2.24, 2.45) is 11.8 Å². The van der Waals surface area contributed by atoms with Crippen LogP contribution in [0.4, 0.5) is 5.82 Å². The van der Waals surface area contributed by atoms with Gasteiger partial charge in [0.2, 0.25) is 10.0 Å². The summed E-state index contributed by atoms with van der Waals surface area (Å²) >= 11 is 5.87. The van der Waals surface area contributed by atoms with Crippen LogP contribution in [0, 0.1) is 5.92 Å². The molecule has 0 saturated heterocycles. The summed E-state index contributed by atoms with van der Waals surface area (Å²) in [6.45, 7) is 5.85. The van der Waals surface area contributed by atoms with Gasteiger partial charge in [0.25, 0.3) is 0 Å². The van der Waals surface area contributed by atoms with Crippen molar-refractivity contribution < 1.29 is 8.42 Å². The molecular weight excluding hydrogens is 288 g/mol. The average Bonchev–Trinajstić information content (AvgIpc) is 2.35. The topological polar surface area (TPSA) is 97.1 Å². The van der Waals surface area contributed by atoms with Crippen LogP contribution >= 0.6 is 11.6 Å². The van der Waals surface area contributed by atoms with E-state index < -0.39 is 10.0 Å². The molecule has 0 saturated carbocycles. The molecule has 1 rings (SSSR count). The second kappa shape index (κ2) is 6.51. The lowest BCUT2D eigenvalue weighted by Crippen LogP contribution is -2.38. The number of nitrogen functional groups attached to an aromatic ring is 1. The van der Waals surface area contributed by atoms with Crippen molar-refractivity contribution in [1.29, 1.82) is 0 Å². The molecule has 0 amide bonds. The number of aromatic nitrogens is 1. The number of nitrogens with zero attached hydrogens (tertiary/aromatic N) is 1. The first kappa shape index (κ1) is 16.2. The zero-order valence-electron chi connectivity index (χ0n) is 11.1. The maximum Gasteiger partial charge on any atom is 0.242 e. The second-order valence-corrected chi connectivity index (χ2v) is 6.65. The largest absolute Gasteiger partial charge is 0.307 e. The standard InChI is InChI=1S/C11H19ClN4O2S/c1-4-10(7(2)3)16-19(17,18)8-5-9(12)11(15-13)14-6-8/h5-7,10,16H,4,13H2,1-3H3,(H,14,15). The molecule has 1 aromatic rings. The Morgan fingerprint density at radius 2 is 2.11 bits per heavy atom. The van der Waals surface area contributed by atoms with E-state index in [0.29, 0.717) is 6.42 Å². The third-order valence-corrected chi connectivity index (χ3v) is 4.56. The van der Waals surface area contributed by atoms with E-state index in [1.54, 1.807) is 0 Å². The number of hydrogen-bond donors (Lipinski definition) is 3. The third-order valence-electron chi connectivity index (χ3n) is 2.81. The normalized spacial score (nSPS) is 13.6. The Balaban J connectivity index is 3.03. The van der Waals surface area contributed by atoms with Crippen LogP contribution in [0.3, 0.4) is 0 Å². The quantitative estimate of drug-likeness (QED) is 0.549. The van der Waals surface area contributed by atoms with Gasteiger partial charge in [-0.1, -0.05) is 32.4 Å². The Morgan fingerprint density at radius 1 is 1.47 bits per heavy atom. The van der Waals surface area contributed by atoms with Crippen molar-refractivity contribution in [2.75, 3.05) is 5.43 Å². The summed E-state index contributed by atoms with van der Waals surface area (Å²) in [6, 6.07) is 1.19. The molecule has 19 heavy (non-hydrogen) atoms. The molecule has 0 aliphatic rings. The highest BCUT2D eigenvalue weighted by Gasteiger charge is 2.22. The van der Waals surface area contributed by atoms with Gasteiger partial charge >= 0.3 is 0 Å². The summed E-state index contributed by atoms with van der Waals surface area (Å²) in [5, 5.41) is 0.156. The van der Waals surface area contributed by atoms with Crippen molar-refractivity contribution >= 4 is 27.4 Å². The van der Waals surface area contributed by atoms with Crippen LogP contribution in [0.1, 0.15) is 27.2 Å². The van der Waals surface area contributed by atoms with Crippen molar-refractivity contribution in [2.45, 2.75) is 38.1 Å². The zero-order chi connectivity index (χ0) is 14.6. The van der Waals surface area contributed by atoms with E-state index in [1.807, 2.05) is 20.8 Å². The van der Waals surface area contributed by atoms with E-state index in [1.165, 1.54) is 12.3 Å². The first-order valence-electron chi connectivity index (χ1n) is 5.96. The van der Waals surface area contributed by atoms with Gasteiger partial charge in [-0.2, -0.15) is 0 Å². The van der Waals surface area contributed by atoms with Gasteiger partial charge in [0.15, 0.2) is 5.82 Å². The molecule has 108 valence electrons. The van der Waals surface area contributed by atoms with Crippen molar-refractivity contribution in [3.05, 3.63) is 17.3 Å². The molecule has 8 heteroatoms. The molecule has 6 nitrogen and oxygen atoms in total. The number of halogens is 1. The van der Waals surface area contributed by atoms with Crippen LogP contribution in [-0.4, -0.2) is 19.4 Å². The lowest BCUT2D eigenvalue weighted by atomic mass is 10.0. The predicted molar refractivity (Wildman–Crippen MR) is 76.3 cm³/mol. The molecule has 0 aliphatic carbocycles. The molecule has 0 aliphatic heterocycles. The fourth-order valence-corrected chi connectivity index (χ4v) is 3.36. The number of hydrogen-bond acceptors (Lipinski definition) is 5. The molecule has 0 fully saturated rings. The molecule has 0 bridgehead atoms. The number of rotatable bonds is 6. The first-order chi connectivity index (χ1) is 8.81. The van der Waals surface area contributed by atoms with Gasteiger partial charge in [-0.3, -0.25) is 0 Å². The Labute approximate surface area is 118 Å². The number of anilines is 1. The minimum atomic E-state index is -3.63. The zero-order valence-corrected chi connectivity index (χ0v) is 12.7. The minimum Gasteiger partial charge on any atom is -0.307 e. The van der Waals surface area contributed by atoms with Crippen LogP contribution in [0.2, 0.25) is 5.02 Å². The summed E-state index contributed by atoms with van der Waals surface area (Å²) in [5.74, 6) is 5.62. The highest BCUT2D eigenvalue weighted by Crippen LogP contribution is 2.22. The van der Waals surface area contributed by atoms with Gasteiger partial charge < -0.3 is 5.43 Å². The van der Waals surface area contributed by atoms with Crippen molar-refractivity contribution in [1.82, 2.24) is 9.71 Å². The summed E-state index contributed by atoms with van der Waals surface area (Å²) in [6.07, 6.45) is 1.93. The van der Waals surface area contributed by atoms with E-state index >= 15 is 0 Å².